The zero-order valence-corrected chi connectivity index (χ0v) is 13.2. The van der Waals surface area contributed by atoms with Crippen LogP contribution in [0, 0.1) is 0 Å². The Bertz CT molecular complexity index is 642. The summed E-state index contributed by atoms with van der Waals surface area (Å²) in [5, 5.41) is 8.22. The van der Waals surface area contributed by atoms with E-state index in [1.807, 2.05) is 0 Å². The lowest BCUT2D eigenvalue weighted by molar-refractivity contribution is -0.139. The maximum absolute atomic E-state index is 12.3. The Balaban J connectivity index is 2.06. The summed E-state index contributed by atoms with van der Waals surface area (Å²) in [7, 11) is 0. The van der Waals surface area contributed by atoms with Gasteiger partial charge >= 0.3 is 11.9 Å². The summed E-state index contributed by atoms with van der Waals surface area (Å²) in [6.45, 7) is 1.95. The number of imide groups is 1. The van der Waals surface area contributed by atoms with Crippen molar-refractivity contribution in [3.05, 3.63) is 29.8 Å². The molecule has 0 spiro atoms. The normalized spacial score (nSPS) is 17.4. The van der Waals surface area contributed by atoms with Gasteiger partial charge in [0.2, 0.25) is 11.8 Å². The van der Waals surface area contributed by atoms with Crippen LogP contribution in [0.5, 0.6) is 0 Å². The van der Waals surface area contributed by atoms with Crippen molar-refractivity contribution in [2.24, 2.45) is 0 Å². The van der Waals surface area contributed by atoms with E-state index in [9.17, 15) is 19.2 Å². The maximum Gasteiger partial charge on any atom is 0.335 e. The van der Waals surface area contributed by atoms with Gasteiger partial charge in [-0.2, -0.15) is 0 Å². The third-order valence-corrected chi connectivity index (χ3v) is 4.36. The molecular formula is C15H15NO6S. The average Bonchev–Trinajstić information content (AvgIpc) is 2.80. The number of carboxylic acid groups (broad SMARTS) is 1. The molecular weight excluding hydrogens is 322 g/mol. The number of nitrogens with zero attached hydrogens (tertiary/aromatic N) is 1. The Kier molecular flexibility index (Phi) is 5.38. The smallest absolute Gasteiger partial charge is 0.335 e. The highest BCUT2D eigenvalue weighted by Crippen LogP contribution is 2.29. The van der Waals surface area contributed by atoms with Crippen molar-refractivity contribution in [2.75, 3.05) is 17.3 Å². The molecule has 0 saturated carbocycles. The minimum atomic E-state index is -1.08. The van der Waals surface area contributed by atoms with Crippen LogP contribution in [0.2, 0.25) is 0 Å². The summed E-state index contributed by atoms with van der Waals surface area (Å²) < 4.78 is 4.79. The van der Waals surface area contributed by atoms with E-state index in [1.54, 1.807) is 6.92 Å². The third kappa shape index (κ3) is 3.89. The average molecular weight is 337 g/mol. The molecule has 0 aromatic heterocycles. The van der Waals surface area contributed by atoms with Crippen LogP contribution in [0.3, 0.4) is 0 Å². The fraction of sp³-hybridized carbons (Fsp3) is 0.333. The standard InChI is InChI=1S/C15H15NO6S/c1-2-22-13(18)8-23-11-7-12(17)16(14(11)19)10-5-3-9(4-6-10)15(20)21/h3-6,11H,2,7-8H2,1H3,(H,20,21)/t11-/m1/s1. The van der Waals surface area contributed by atoms with Crippen molar-refractivity contribution in [3.8, 4) is 0 Å². The van der Waals surface area contributed by atoms with Gasteiger partial charge in [0.25, 0.3) is 0 Å². The third-order valence-electron chi connectivity index (χ3n) is 3.19. The Morgan fingerprint density at radius 1 is 1.30 bits per heavy atom. The van der Waals surface area contributed by atoms with E-state index in [0.717, 1.165) is 16.7 Å². The highest BCUT2D eigenvalue weighted by molar-refractivity contribution is 8.01. The molecule has 0 aliphatic carbocycles. The van der Waals surface area contributed by atoms with Crippen molar-refractivity contribution in [2.45, 2.75) is 18.6 Å². The number of esters is 1. The number of hydrogen-bond donors (Lipinski definition) is 1. The van der Waals surface area contributed by atoms with E-state index in [0.29, 0.717) is 5.69 Å². The fourth-order valence-corrected chi connectivity index (χ4v) is 3.06. The quantitative estimate of drug-likeness (QED) is 0.617. The van der Waals surface area contributed by atoms with Crippen LogP contribution in [0.25, 0.3) is 0 Å². The predicted octanol–water partition coefficient (Wildman–Crippen LogP) is 1.31. The molecule has 7 nitrogen and oxygen atoms in total. The largest absolute Gasteiger partial charge is 0.478 e. The van der Waals surface area contributed by atoms with Crippen LogP contribution in [0.4, 0.5) is 5.69 Å². The Labute approximate surface area is 136 Å². The molecule has 0 bridgehead atoms. The zero-order valence-electron chi connectivity index (χ0n) is 12.4. The van der Waals surface area contributed by atoms with Gasteiger partial charge in [0.15, 0.2) is 0 Å². The van der Waals surface area contributed by atoms with E-state index in [4.69, 9.17) is 9.84 Å². The van der Waals surface area contributed by atoms with Crippen LogP contribution in [0.15, 0.2) is 24.3 Å². The van der Waals surface area contributed by atoms with Crippen molar-refractivity contribution in [1.29, 1.82) is 0 Å². The highest BCUT2D eigenvalue weighted by atomic mass is 32.2. The summed E-state index contributed by atoms with van der Waals surface area (Å²) in [6, 6.07) is 5.49. The Morgan fingerprint density at radius 3 is 2.52 bits per heavy atom. The van der Waals surface area contributed by atoms with Crippen LogP contribution < -0.4 is 4.90 Å². The second-order valence-electron chi connectivity index (χ2n) is 4.73. The molecule has 1 atom stereocenters. The molecule has 1 saturated heterocycles. The molecule has 1 N–H and O–H groups in total. The first-order chi connectivity index (χ1) is 10.9. The molecule has 8 heteroatoms. The van der Waals surface area contributed by atoms with E-state index < -0.39 is 23.1 Å². The lowest BCUT2D eigenvalue weighted by Crippen LogP contribution is -2.31. The van der Waals surface area contributed by atoms with Gasteiger partial charge < -0.3 is 9.84 Å². The first-order valence-electron chi connectivity index (χ1n) is 6.91. The van der Waals surface area contributed by atoms with E-state index in [2.05, 4.69) is 0 Å². The highest BCUT2D eigenvalue weighted by Gasteiger charge is 2.40. The number of carbonyl (C=O) groups excluding carboxylic acids is 3. The monoisotopic (exact) mass is 337 g/mol. The summed E-state index contributed by atoms with van der Waals surface area (Å²) in [4.78, 5) is 47.5. The summed E-state index contributed by atoms with van der Waals surface area (Å²) in [5.74, 6) is -2.30. The summed E-state index contributed by atoms with van der Waals surface area (Å²) >= 11 is 1.07. The number of amides is 2. The summed E-state index contributed by atoms with van der Waals surface area (Å²) in [5.41, 5.74) is 0.394. The van der Waals surface area contributed by atoms with Gasteiger partial charge in [-0.3, -0.25) is 14.4 Å². The van der Waals surface area contributed by atoms with Gasteiger partial charge in [-0.1, -0.05) is 0 Å². The molecule has 0 radical (unpaired) electrons. The molecule has 2 amide bonds. The van der Waals surface area contributed by atoms with Crippen LogP contribution in [-0.2, 0) is 19.1 Å². The number of carboxylic acids is 1. The Hall–Kier alpha value is -2.35. The van der Waals surface area contributed by atoms with Gasteiger partial charge in [0, 0.05) is 6.42 Å². The van der Waals surface area contributed by atoms with Crippen molar-refractivity contribution < 1.29 is 29.0 Å². The van der Waals surface area contributed by atoms with Crippen LogP contribution >= 0.6 is 11.8 Å². The number of hydrogen-bond acceptors (Lipinski definition) is 6. The first kappa shape index (κ1) is 17.0. The molecule has 1 aromatic rings. The minimum Gasteiger partial charge on any atom is -0.478 e. The van der Waals surface area contributed by atoms with Crippen molar-refractivity contribution in [3.63, 3.8) is 0 Å². The van der Waals surface area contributed by atoms with Gasteiger partial charge in [-0.05, 0) is 31.2 Å². The lowest BCUT2D eigenvalue weighted by atomic mass is 10.2. The van der Waals surface area contributed by atoms with Gasteiger partial charge in [0.05, 0.1) is 28.9 Å². The summed E-state index contributed by atoms with van der Waals surface area (Å²) in [6.07, 6.45) is 0.00356. The molecule has 1 aliphatic rings. The van der Waals surface area contributed by atoms with Gasteiger partial charge in [-0.25, -0.2) is 9.69 Å². The van der Waals surface area contributed by atoms with Crippen molar-refractivity contribution in [1.82, 2.24) is 0 Å². The number of aromatic carboxylic acids is 1. The van der Waals surface area contributed by atoms with E-state index in [-0.39, 0.29) is 30.3 Å². The second kappa shape index (κ2) is 7.28. The predicted molar refractivity (Wildman–Crippen MR) is 83.4 cm³/mol. The number of thioether (sulfide) groups is 1. The lowest BCUT2D eigenvalue weighted by Gasteiger charge is -2.15. The zero-order chi connectivity index (χ0) is 17.0. The fourth-order valence-electron chi connectivity index (χ4n) is 2.13. The topological polar surface area (TPSA) is 101 Å². The van der Waals surface area contributed by atoms with E-state index >= 15 is 0 Å². The number of carbonyl (C=O) groups is 4. The SMILES string of the molecule is CCOC(=O)CS[C@@H]1CC(=O)N(c2ccc(C(=O)O)cc2)C1=O. The molecule has 122 valence electrons. The number of rotatable bonds is 6. The van der Waals surface area contributed by atoms with Gasteiger partial charge in [-0.15, -0.1) is 11.8 Å². The van der Waals surface area contributed by atoms with Crippen molar-refractivity contribution >= 4 is 41.2 Å². The van der Waals surface area contributed by atoms with Gasteiger partial charge in [0.1, 0.15) is 0 Å². The van der Waals surface area contributed by atoms with Crippen LogP contribution in [-0.4, -0.2) is 46.5 Å². The molecule has 0 unspecified atom stereocenters. The second-order valence-corrected chi connectivity index (χ2v) is 5.92. The number of benzene rings is 1. The first-order valence-corrected chi connectivity index (χ1v) is 7.96. The van der Waals surface area contributed by atoms with Crippen LogP contribution in [0.1, 0.15) is 23.7 Å². The minimum absolute atomic E-state index is 0.00329. The van der Waals surface area contributed by atoms with E-state index in [1.165, 1.54) is 24.3 Å². The maximum atomic E-state index is 12.3. The molecule has 1 fully saturated rings. The molecule has 1 heterocycles. The Morgan fingerprint density at radius 2 is 1.96 bits per heavy atom. The molecule has 1 aromatic carbocycles. The molecule has 2 rings (SSSR count). The molecule has 1 aliphatic heterocycles. The number of anilines is 1. The number of ether oxygens (including phenoxy) is 1. The molecule has 23 heavy (non-hydrogen) atoms.